The third-order valence-electron chi connectivity index (χ3n) is 4.42. The van der Waals surface area contributed by atoms with Crippen molar-refractivity contribution in [2.24, 2.45) is 0 Å². The number of carbonyl (C=O) groups is 2. The fourth-order valence-corrected chi connectivity index (χ4v) is 2.53. The van der Waals surface area contributed by atoms with Crippen LogP contribution in [-0.2, 0) is 9.59 Å². The standard InChI is InChI=1S/C38H18O4/c1-6-7-8-9-10-11-12-13-14-15-16-17-18-19-20-21-22-34-29-33(25-28-36(34)42-38(40)31(4)5)32-23-26-35(27-24-32)41-37(39)30(2)3/h1,23-29H,2,4H2,3,5H3. The molecule has 0 heterocycles. The summed E-state index contributed by atoms with van der Waals surface area (Å²) in [6.07, 6.45) is 4.96. The van der Waals surface area contributed by atoms with Crippen molar-refractivity contribution in [3.05, 3.63) is 72.3 Å². The fraction of sp³-hybridized carbons (Fsp3) is 0.0526. The van der Waals surface area contributed by atoms with Gasteiger partial charge in [-0.3, -0.25) is 0 Å². The Balaban J connectivity index is 2.21. The highest BCUT2D eigenvalue weighted by molar-refractivity contribution is 5.89. The predicted molar refractivity (Wildman–Crippen MR) is 163 cm³/mol. The monoisotopic (exact) mass is 538 g/mol. The summed E-state index contributed by atoms with van der Waals surface area (Å²) in [4.78, 5) is 23.8. The van der Waals surface area contributed by atoms with Gasteiger partial charge in [-0.1, -0.05) is 31.4 Å². The minimum atomic E-state index is -0.582. The maximum atomic E-state index is 12.1. The van der Waals surface area contributed by atoms with Gasteiger partial charge in [0.1, 0.15) is 11.5 Å². The zero-order valence-electron chi connectivity index (χ0n) is 22.7. The van der Waals surface area contributed by atoms with E-state index in [1.54, 1.807) is 56.3 Å². The molecule has 0 saturated carbocycles. The van der Waals surface area contributed by atoms with Gasteiger partial charge in [-0.05, 0) is 150 Å². The third-order valence-corrected chi connectivity index (χ3v) is 4.42. The quantitative estimate of drug-likeness (QED) is 0.246. The highest BCUT2D eigenvalue weighted by Crippen LogP contribution is 2.28. The van der Waals surface area contributed by atoms with Crippen LogP contribution in [0.1, 0.15) is 19.4 Å². The number of carbonyl (C=O) groups excluding carboxylic acids is 2. The van der Waals surface area contributed by atoms with Crippen molar-refractivity contribution in [1.82, 2.24) is 0 Å². The van der Waals surface area contributed by atoms with Crippen LogP contribution < -0.4 is 9.47 Å². The Bertz CT molecular complexity index is 2010. The highest BCUT2D eigenvalue weighted by atomic mass is 16.5. The van der Waals surface area contributed by atoms with Crippen molar-refractivity contribution in [1.29, 1.82) is 0 Å². The molecule has 0 amide bonds. The van der Waals surface area contributed by atoms with E-state index < -0.39 is 11.9 Å². The molecule has 4 heteroatoms. The average Bonchev–Trinajstić information content (AvgIpc) is 2.97. The smallest absolute Gasteiger partial charge is 0.338 e. The molecule has 0 aliphatic carbocycles. The van der Waals surface area contributed by atoms with E-state index in [9.17, 15) is 9.59 Å². The molecule has 0 spiro atoms. The van der Waals surface area contributed by atoms with Gasteiger partial charge in [-0.25, -0.2) is 9.59 Å². The maximum absolute atomic E-state index is 12.1. The van der Waals surface area contributed by atoms with E-state index in [1.807, 2.05) is 0 Å². The number of hydrogen-bond acceptors (Lipinski definition) is 4. The van der Waals surface area contributed by atoms with E-state index in [0.29, 0.717) is 16.9 Å². The molecule has 0 atom stereocenters. The topological polar surface area (TPSA) is 52.6 Å². The number of ether oxygens (including phenoxy) is 2. The van der Waals surface area contributed by atoms with Crippen molar-refractivity contribution in [3.8, 4) is 130 Å². The molecule has 0 aromatic heterocycles. The zero-order valence-corrected chi connectivity index (χ0v) is 22.7. The summed E-state index contributed by atoms with van der Waals surface area (Å²) in [6.45, 7) is 10.3. The average molecular weight is 539 g/mol. The van der Waals surface area contributed by atoms with Gasteiger partial charge in [0.2, 0.25) is 0 Å². The minimum absolute atomic E-state index is 0.241. The molecule has 0 bridgehead atoms. The molecule has 2 aromatic carbocycles. The first-order valence-corrected chi connectivity index (χ1v) is 11.8. The summed E-state index contributed by atoms with van der Waals surface area (Å²) in [5, 5.41) is 0. The molecule has 0 radical (unpaired) electrons. The van der Waals surface area contributed by atoms with Gasteiger partial charge in [0.25, 0.3) is 0 Å². The molecule has 0 unspecified atom stereocenters. The SMILES string of the molecule is C#CC#CC#CC#CC#CC#CC#CC#CC#Cc1cc(-c2ccc(OC(=O)C(=C)C)cc2)ccc1OC(=O)C(=C)C. The summed E-state index contributed by atoms with van der Waals surface area (Å²) < 4.78 is 10.6. The maximum Gasteiger partial charge on any atom is 0.338 e. The second-order valence-corrected chi connectivity index (χ2v) is 7.72. The number of hydrogen-bond donors (Lipinski definition) is 0. The normalized spacial score (nSPS) is 7.55. The van der Waals surface area contributed by atoms with Crippen LogP contribution in [0.25, 0.3) is 11.1 Å². The van der Waals surface area contributed by atoms with Gasteiger partial charge in [0.15, 0.2) is 0 Å². The first-order chi connectivity index (χ1) is 20.3. The van der Waals surface area contributed by atoms with Crippen molar-refractivity contribution in [3.63, 3.8) is 0 Å². The minimum Gasteiger partial charge on any atom is -0.423 e. The van der Waals surface area contributed by atoms with Crippen molar-refractivity contribution in [2.75, 3.05) is 0 Å². The number of terminal acetylenes is 1. The molecule has 2 rings (SSSR count). The molecule has 4 nitrogen and oxygen atoms in total. The lowest BCUT2D eigenvalue weighted by molar-refractivity contribution is -0.130. The van der Waals surface area contributed by atoms with E-state index >= 15 is 0 Å². The molecule has 0 aliphatic heterocycles. The van der Waals surface area contributed by atoms with Crippen LogP contribution in [-0.4, -0.2) is 11.9 Å². The summed E-state index contributed by atoms with van der Waals surface area (Å²) in [5.74, 6) is 42.1. The lowest BCUT2D eigenvalue weighted by Crippen LogP contribution is -2.09. The Labute approximate surface area is 246 Å². The first kappa shape index (κ1) is 31.1. The largest absolute Gasteiger partial charge is 0.423 e. The number of esters is 2. The summed E-state index contributed by atoms with van der Waals surface area (Å²) in [7, 11) is 0. The molecule has 0 saturated heterocycles. The Morgan fingerprint density at radius 2 is 1.02 bits per heavy atom. The van der Waals surface area contributed by atoms with Gasteiger partial charge >= 0.3 is 11.9 Å². The second-order valence-electron chi connectivity index (χ2n) is 7.72. The van der Waals surface area contributed by atoms with E-state index in [2.05, 4.69) is 114 Å². The first-order valence-electron chi connectivity index (χ1n) is 11.8. The van der Waals surface area contributed by atoms with Crippen LogP contribution in [0.4, 0.5) is 0 Å². The Kier molecular flexibility index (Phi) is 12.9. The molecule has 42 heavy (non-hydrogen) atoms. The van der Waals surface area contributed by atoms with E-state index in [1.165, 1.54) is 0 Å². The summed E-state index contributed by atoms with van der Waals surface area (Å²) in [5.41, 5.74) is 2.56. The van der Waals surface area contributed by atoms with Crippen molar-refractivity contribution in [2.45, 2.75) is 13.8 Å². The molecule has 0 aliphatic rings. The second kappa shape index (κ2) is 17.4. The zero-order chi connectivity index (χ0) is 30.6. The molecular formula is C38H18O4. The van der Waals surface area contributed by atoms with Gasteiger partial charge in [0.05, 0.1) is 5.56 Å². The number of rotatable bonds is 5. The van der Waals surface area contributed by atoms with Crippen LogP contribution >= 0.6 is 0 Å². The van der Waals surface area contributed by atoms with Crippen LogP contribution in [0.3, 0.4) is 0 Å². The fourth-order valence-electron chi connectivity index (χ4n) is 2.53. The lowest BCUT2D eigenvalue weighted by Gasteiger charge is -2.10. The summed E-state index contributed by atoms with van der Waals surface area (Å²) >= 11 is 0. The molecule has 0 N–H and O–H groups in total. The molecule has 0 fully saturated rings. The highest BCUT2D eigenvalue weighted by Gasteiger charge is 2.11. The van der Waals surface area contributed by atoms with E-state index in [-0.39, 0.29) is 11.3 Å². The number of benzene rings is 2. The van der Waals surface area contributed by atoms with E-state index in [0.717, 1.165) is 11.1 Å². The van der Waals surface area contributed by atoms with Crippen molar-refractivity contribution >= 4 is 11.9 Å². The predicted octanol–water partition coefficient (Wildman–Crippen LogP) is 4.33. The van der Waals surface area contributed by atoms with Crippen LogP contribution in [0, 0.1) is 107 Å². The van der Waals surface area contributed by atoms with E-state index in [4.69, 9.17) is 15.9 Å². The third kappa shape index (κ3) is 11.5. The van der Waals surface area contributed by atoms with Gasteiger partial charge in [-0.2, -0.15) is 0 Å². The van der Waals surface area contributed by atoms with Gasteiger partial charge in [0, 0.05) is 11.1 Å². The van der Waals surface area contributed by atoms with Crippen LogP contribution in [0.5, 0.6) is 11.5 Å². The molecular weight excluding hydrogens is 520 g/mol. The Morgan fingerprint density at radius 1 is 0.595 bits per heavy atom. The molecule has 2 aromatic rings. The molecule has 194 valence electrons. The van der Waals surface area contributed by atoms with Crippen LogP contribution in [0.2, 0.25) is 0 Å². The lowest BCUT2D eigenvalue weighted by atomic mass is 10.0. The van der Waals surface area contributed by atoms with Gasteiger partial charge < -0.3 is 9.47 Å². The van der Waals surface area contributed by atoms with Gasteiger partial charge in [-0.15, -0.1) is 6.42 Å². The summed E-state index contributed by atoms with van der Waals surface area (Å²) in [6, 6.07) is 12.0. The Morgan fingerprint density at radius 3 is 1.50 bits per heavy atom. The Hall–Kier alpha value is -7.10. The van der Waals surface area contributed by atoms with Crippen molar-refractivity contribution < 1.29 is 19.1 Å². The van der Waals surface area contributed by atoms with Crippen LogP contribution in [0.15, 0.2) is 66.8 Å².